The molecule has 0 fully saturated rings. The molecular formula is C16H24N2O3. The number of carboxylic acid groups (broad SMARTS) is 1. The maximum Gasteiger partial charge on any atom is 0.326 e. The van der Waals surface area contributed by atoms with Gasteiger partial charge < -0.3 is 15.7 Å². The number of urea groups is 1. The zero-order valence-corrected chi connectivity index (χ0v) is 13.0. The fourth-order valence-electron chi connectivity index (χ4n) is 2.06. The summed E-state index contributed by atoms with van der Waals surface area (Å²) in [5.74, 6) is -1.03. The van der Waals surface area contributed by atoms with Gasteiger partial charge in [-0.05, 0) is 24.3 Å². The molecule has 0 heterocycles. The van der Waals surface area contributed by atoms with E-state index in [0.29, 0.717) is 6.42 Å². The van der Waals surface area contributed by atoms with Crippen LogP contribution in [-0.2, 0) is 11.2 Å². The Kier molecular flexibility index (Phi) is 5.76. The maximum atomic E-state index is 11.9. The van der Waals surface area contributed by atoms with Crippen LogP contribution in [0.15, 0.2) is 30.3 Å². The molecule has 1 aromatic rings. The molecule has 1 rings (SSSR count). The van der Waals surface area contributed by atoms with Gasteiger partial charge in [-0.25, -0.2) is 9.59 Å². The van der Waals surface area contributed by atoms with E-state index >= 15 is 0 Å². The van der Waals surface area contributed by atoms with Gasteiger partial charge in [0.25, 0.3) is 0 Å². The fourth-order valence-corrected chi connectivity index (χ4v) is 2.06. The maximum absolute atomic E-state index is 11.9. The summed E-state index contributed by atoms with van der Waals surface area (Å²) in [6.07, 6.45) is 0.696. The molecular weight excluding hydrogens is 268 g/mol. The van der Waals surface area contributed by atoms with Crippen LogP contribution in [0.1, 0.15) is 33.3 Å². The number of carbonyl (C=O) groups is 2. The Balaban J connectivity index is 2.54. The zero-order chi connectivity index (χ0) is 16.0. The van der Waals surface area contributed by atoms with E-state index in [1.807, 2.05) is 37.3 Å². The molecule has 0 aromatic heterocycles. The van der Waals surface area contributed by atoms with Gasteiger partial charge in [-0.1, -0.05) is 51.1 Å². The highest BCUT2D eigenvalue weighted by atomic mass is 16.4. The van der Waals surface area contributed by atoms with Gasteiger partial charge in [0.15, 0.2) is 0 Å². The van der Waals surface area contributed by atoms with Crippen molar-refractivity contribution in [2.24, 2.45) is 5.41 Å². The predicted octanol–water partition coefficient (Wildman–Crippen LogP) is 2.42. The zero-order valence-electron chi connectivity index (χ0n) is 13.0. The lowest BCUT2D eigenvalue weighted by molar-refractivity contribution is -0.141. The number of hydrogen-bond acceptors (Lipinski definition) is 2. The van der Waals surface area contributed by atoms with E-state index in [-0.39, 0.29) is 6.04 Å². The quantitative estimate of drug-likeness (QED) is 0.780. The highest BCUT2D eigenvalue weighted by Gasteiger charge is 2.32. The normalized spacial score (nSPS) is 14.1. The predicted molar refractivity (Wildman–Crippen MR) is 82.2 cm³/mol. The summed E-state index contributed by atoms with van der Waals surface area (Å²) in [7, 11) is 0. The summed E-state index contributed by atoms with van der Waals surface area (Å²) >= 11 is 0. The molecule has 3 N–H and O–H groups in total. The van der Waals surface area contributed by atoms with Crippen molar-refractivity contribution in [2.45, 2.75) is 46.2 Å². The molecule has 0 aliphatic rings. The number of rotatable bonds is 5. The minimum atomic E-state index is -1.03. The van der Waals surface area contributed by atoms with E-state index in [1.165, 1.54) is 0 Å². The van der Waals surface area contributed by atoms with Crippen molar-refractivity contribution in [3.05, 3.63) is 35.9 Å². The molecule has 2 atom stereocenters. The van der Waals surface area contributed by atoms with E-state index in [4.69, 9.17) is 0 Å². The first kappa shape index (κ1) is 17.0. The van der Waals surface area contributed by atoms with Crippen molar-refractivity contribution in [3.8, 4) is 0 Å². The van der Waals surface area contributed by atoms with Gasteiger partial charge in [-0.2, -0.15) is 0 Å². The highest BCUT2D eigenvalue weighted by molar-refractivity contribution is 5.83. The van der Waals surface area contributed by atoms with Gasteiger partial charge in [-0.15, -0.1) is 0 Å². The second-order valence-corrected chi connectivity index (χ2v) is 6.35. The Morgan fingerprint density at radius 2 is 1.71 bits per heavy atom. The second kappa shape index (κ2) is 7.11. The molecule has 0 saturated heterocycles. The fraction of sp³-hybridized carbons (Fsp3) is 0.500. The van der Waals surface area contributed by atoms with Crippen LogP contribution in [0.4, 0.5) is 4.79 Å². The van der Waals surface area contributed by atoms with Crippen molar-refractivity contribution < 1.29 is 14.7 Å². The summed E-state index contributed by atoms with van der Waals surface area (Å²) in [6, 6.07) is 8.35. The lowest BCUT2D eigenvalue weighted by Gasteiger charge is -2.28. The molecule has 0 aliphatic carbocycles. The molecule has 2 unspecified atom stereocenters. The van der Waals surface area contributed by atoms with Gasteiger partial charge >= 0.3 is 12.0 Å². The first-order valence-electron chi connectivity index (χ1n) is 7.04. The van der Waals surface area contributed by atoms with E-state index in [9.17, 15) is 14.7 Å². The van der Waals surface area contributed by atoms with Crippen LogP contribution in [0.5, 0.6) is 0 Å². The van der Waals surface area contributed by atoms with Crippen LogP contribution in [0.2, 0.25) is 0 Å². The van der Waals surface area contributed by atoms with Gasteiger partial charge in [-0.3, -0.25) is 0 Å². The van der Waals surface area contributed by atoms with E-state index in [0.717, 1.165) is 5.56 Å². The van der Waals surface area contributed by atoms with Crippen LogP contribution < -0.4 is 10.6 Å². The lowest BCUT2D eigenvalue weighted by Crippen LogP contribution is -2.53. The van der Waals surface area contributed by atoms with Crippen molar-refractivity contribution >= 4 is 12.0 Å². The lowest BCUT2D eigenvalue weighted by atomic mass is 9.87. The third-order valence-corrected chi connectivity index (χ3v) is 3.15. The SMILES string of the molecule is CC(Cc1ccccc1)NC(=O)NC(C(=O)O)C(C)(C)C. The molecule has 5 heteroatoms. The van der Waals surface area contributed by atoms with E-state index in [2.05, 4.69) is 10.6 Å². The molecule has 1 aromatic carbocycles. The number of benzene rings is 1. The molecule has 0 spiro atoms. The third-order valence-electron chi connectivity index (χ3n) is 3.15. The Morgan fingerprint density at radius 1 is 1.14 bits per heavy atom. The average Bonchev–Trinajstić information content (AvgIpc) is 2.35. The summed E-state index contributed by atoms with van der Waals surface area (Å²) in [5, 5.41) is 14.5. The molecule has 0 bridgehead atoms. The summed E-state index contributed by atoms with van der Waals surface area (Å²) < 4.78 is 0. The van der Waals surface area contributed by atoms with E-state index in [1.54, 1.807) is 20.8 Å². The van der Waals surface area contributed by atoms with Crippen LogP contribution in [-0.4, -0.2) is 29.2 Å². The van der Waals surface area contributed by atoms with Crippen molar-refractivity contribution in [1.29, 1.82) is 0 Å². The van der Waals surface area contributed by atoms with Crippen LogP contribution in [0, 0.1) is 5.41 Å². The Hall–Kier alpha value is -2.04. The van der Waals surface area contributed by atoms with Gasteiger partial charge in [0.1, 0.15) is 6.04 Å². The van der Waals surface area contributed by atoms with Crippen molar-refractivity contribution in [1.82, 2.24) is 10.6 Å². The standard InChI is InChI=1S/C16H24N2O3/c1-11(10-12-8-6-5-7-9-12)17-15(21)18-13(14(19)20)16(2,3)4/h5-9,11,13H,10H2,1-4H3,(H,19,20)(H2,17,18,21). The molecule has 116 valence electrons. The topological polar surface area (TPSA) is 78.4 Å². The van der Waals surface area contributed by atoms with Crippen molar-refractivity contribution in [2.75, 3.05) is 0 Å². The minimum absolute atomic E-state index is 0.0817. The van der Waals surface area contributed by atoms with Crippen LogP contribution in [0.3, 0.4) is 0 Å². The molecule has 21 heavy (non-hydrogen) atoms. The molecule has 2 amide bonds. The smallest absolute Gasteiger partial charge is 0.326 e. The minimum Gasteiger partial charge on any atom is -0.480 e. The number of carboxylic acids is 1. The average molecular weight is 292 g/mol. The van der Waals surface area contributed by atoms with Gasteiger partial charge in [0.2, 0.25) is 0 Å². The highest BCUT2D eigenvalue weighted by Crippen LogP contribution is 2.19. The van der Waals surface area contributed by atoms with E-state index < -0.39 is 23.5 Å². The first-order chi connectivity index (χ1) is 9.70. The Bertz CT molecular complexity index is 480. The Labute approximate surface area is 125 Å². The van der Waals surface area contributed by atoms with Crippen molar-refractivity contribution in [3.63, 3.8) is 0 Å². The van der Waals surface area contributed by atoms with Crippen LogP contribution in [0.25, 0.3) is 0 Å². The largest absolute Gasteiger partial charge is 0.480 e. The molecule has 0 aliphatic heterocycles. The summed E-state index contributed by atoms with van der Waals surface area (Å²) in [6.45, 7) is 7.22. The summed E-state index contributed by atoms with van der Waals surface area (Å²) in [4.78, 5) is 23.1. The van der Waals surface area contributed by atoms with Gasteiger partial charge in [0, 0.05) is 6.04 Å². The molecule has 0 saturated carbocycles. The first-order valence-corrected chi connectivity index (χ1v) is 7.04. The van der Waals surface area contributed by atoms with Gasteiger partial charge in [0.05, 0.1) is 0 Å². The number of aliphatic carboxylic acids is 1. The Morgan fingerprint density at radius 3 is 2.19 bits per heavy atom. The molecule has 0 radical (unpaired) electrons. The number of hydrogen-bond donors (Lipinski definition) is 3. The molecule has 5 nitrogen and oxygen atoms in total. The second-order valence-electron chi connectivity index (χ2n) is 6.35. The summed E-state index contributed by atoms with van der Waals surface area (Å²) in [5.41, 5.74) is 0.571. The number of amides is 2. The number of carbonyl (C=O) groups excluding carboxylic acids is 1. The van der Waals surface area contributed by atoms with Crippen LogP contribution >= 0.6 is 0 Å². The third kappa shape index (κ3) is 5.85. The monoisotopic (exact) mass is 292 g/mol. The number of nitrogens with one attached hydrogen (secondary N) is 2.